The monoisotopic (exact) mass is 232 g/mol. The van der Waals surface area contributed by atoms with Crippen LogP contribution in [0.3, 0.4) is 0 Å². The van der Waals surface area contributed by atoms with Crippen LogP contribution < -0.4 is 0 Å². The fraction of sp³-hybridized carbons (Fsp3) is 0.364. The van der Waals surface area contributed by atoms with Crippen LogP contribution in [0.5, 0.6) is 0 Å². The van der Waals surface area contributed by atoms with E-state index in [9.17, 15) is 4.79 Å². The highest BCUT2D eigenvalue weighted by Gasteiger charge is 2.36. The molecule has 1 saturated heterocycles. The Morgan fingerprint density at radius 1 is 1.53 bits per heavy atom. The van der Waals surface area contributed by atoms with Crippen molar-refractivity contribution in [3.8, 4) is 0 Å². The summed E-state index contributed by atoms with van der Waals surface area (Å²) in [6.07, 6.45) is -1.01. The number of hydrogen-bond acceptors (Lipinski definition) is 3. The van der Waals surface area contributed by atoms with Gasteiger partial charge in [-0.25, -0.2) is 4.79 Å². The molecule has 1 amide bonds. The first-order chi connectivity index (χ1) is 8.24. The highest BCUT2D eigenvalue weighted by molar-refractivity contribution is 5.70. The van der Waals surface area contributed by atoms with E-state index in [-0.39, 0.29) is 12.6 Å². The molecule has 6 heteroatoms. The summed E-state index contributed by atoms with van der Waals surface area (Å²) in [6, 6.07) is 9.36. The fourth-order valence-corrected chi connectivity index (χ4v) is 1.88. The second-order valence-corrected chi connectivity index (χ2v) is 3.76. The summed E-state index contributed by atoms with van der Waals surface area (Å²) < 4.78 is 4.90. The van der Waals surface area contributed by atoms with E-state index in [1.807, 2.05) is 37.3 Å². The van der Waals surface area contributed by atoms with Crippen molar-refractivity contribution in [2.24, 2.45) is 5.11 Å². The van der Waals surface area contributed by atoms with Crippen molar-refractivity contribution in [3.05, 3.63) is 46.3 Å². The maximum absolute atomic E-state index is 11.6. The van der Waals surface area contributed by atoms with E-state index >= 15 is 0 Å². The Hall–Kier alpha value is -2.20. The molecule has 0 unspecified atom stereocenters. The van der Waals surface area contributed by atoms with Crippen LogP contribution in [0.1, 0.15) is 18.5 Å². The van der Waals surface area contributed by atoms with Gasteiger partial charge in [0.1, 0.15) is 12.8 Å². The van der Waals surface area contributed by atoms with Gasteiger partial charge in [-0.05, 0) is 18.0 Å². The van der Waals surface area contributed by atoms with Gasteiger partial charge in [-0.3, -0.25) is 4.90 Å². The van der Waals surface area contributed by atoms with Gasteiger partial charge in [-0.1, -0.05) is 35.4 Å². The van der Waals surface area contributed by atoms with Crippen molar-refractivity contribution in [2.45, 2.75) is 19.1 Å². The van der Waals surface area contributed by atoms with E-state index in [0.29, 0.717) is 0 Å². The first kappa shape index (κ1) is 11.3. The minimum atomic E-state index is -0.567. The van der Waals surface area contributed by atoms with Crippen LogP contribution in [0.4, 0.5) is 4.79 Å². The smallest absolute Gasteiger partial charge is 0.410 e. The lowest BCUT2D eigenvalue weighted by atomic mass is 10.1. The number of ether oxygens (including phenoxy) is 1. The molecule has 1 fully saturated rings. The molecule has 17 heavy (non-hydrogen) atoms. The van der Waals surface area contributed by atoms with Crippen molar-refractivity contribution in [3.63, 3.8) is 0 Å². The van der Waals surface area contributed by atoms with E-state index in [1.165, 1.54) is 4.90 Å². The van der Waals surface area contributed by atoms with Crippen LogP contribution in [0.25, 0.3) is 10.4 Å². The summed E-state index contributed by atoms with van der Waals surface area (Å²) in [5.41, 5.74) is 9.42. The molecule has 0 saturated carbocycles. The molecule has 88 valence electrons. The van der Waals surface area contributed by atoms with Gasteiger partial charge in [0.25, 0.3) is 0 Å². The Morgan fingerprint density at radius 3 is 2.88 bits per heavy atom. The number of azide groups is 1. The molecule has 1 aromatic rings. The second-order valence-electron chi connectivity index (χ2n) is 3.76. The maximum Gasteiger partial charge on any atom is 0.410 e. The van der Waals surface area contributed by atoms with Crippen LogP contribution in [0.15, 0.2) is 35.4 Å². The molecule has 0 aromatic heterocycles. The molecule has 0 N–H and O–H groups in total. The Kier molecular flexibility index (Phi) is 3.16. The number of amides is 1. The highest BCUT2D eigenvalue weighted by Crippen LogP contribution is 2.27. The van der Waals surface area contributed by atoms with Crippen LogP contribution in [-0.2, 0) is 4.74 Å². The first-order valence-electron chi connectivity index (χ1n) is 5.28. The fourth-order valence-electron chi connectivity index (χ4n) is 1.88. The Morgan fingerprint density at radius 2 is 2.24 bits per heavy atom. The van der Waals surface area contributed by atoms with E-state index in [1.54, 1.807) is 0 Å². The molecule has 2 atom stereocenters. The van der Waals surface area contributed by atoms with Gasteiger partial charge >= 0.3 is 6.09 Å². The SMILES string of the molecule is C[C@H](c1ccccc1)N1C(=O)OC[C@H]1N=[N+]=[N-]. The number of nitrogens with zero attached hydrogens (tertiary/aromatic N) is 4. The van der Waals surface area contributed by atoms with Gasteiger partial charge in [-0.15, -0.1) is 0 Å². The molecule has 0 bridgehead atoms. The number of carbonyl (C=O) groups excluding carboxylic acids is 1. The normalized spacial score (nSPS) is 20.6. The van der Waals surface area contributed by atoms with Crippen LogP contribution in [0, 0.1) is 0 Å². The van der Waals surface area contributed by atoms with E-state index < -0.39 is 12.3 Å². The lowest BCUT2D eigenvalue weighted by Crippen LogP contribution is -2.34. The van der Waals surface area contributed by atoms with Gasteiger partial charge in [0.15, 0.2) is 0 Å². The van der Waals surface area contributed by atoms with Gasteiger partial charge in [0.2, 0.25) is 0 Å². The average molecular weight is 232 g/mol. The number of carbonyl (C=O) groups is 1. The number of rotatable bonds is 3. The number of cyclic esters (lactones) is 1. The summed E-state index contributed by atoms with van der Waals surface area (Å²) in [5.74, 6) is 0. The highest BCUT2D eigenvalue weighted by atomic mass is 16.6. The lowest BCUT2D eigenvalue weighted by Gasteiger charge is -2.25. The largest absolute Gasteiger partial charge is 0.447 e. The van der Waals surface area contributed by atoms with Crippen molar-refractivity contribution < 1.29 is 9.53 Å². The Labute approximate surface area is 98.4 Å². The predicted octanol–water partition coefficient (Wildman–Crippen LogP) is 2.84. The Balaban J connectivity index is 2.25. The standard InChI is InChI=1S/C11H12N4O2/c1-8(9-5-3-2-4-6-9)15-10(13-14-12)7-17-11(15)16/h2-6,8,10H,7H2,1H3/t8-,10+/m1/s1. The lowest BCUT2D eigenvalue weighted by molar-refractivity contribution is 0.147. The molecule has 1 aliphatic heterocycles. The zero-order chi connectivity index (χ0) is 12.3. The third kappa shape index (κ3) is 2.16. The summed E-state index contributed by atoms with van der Waals surface area (Å²) >= 11 is 0. The topological polar surface area (TPSA) is 78.3 Å². The third-order valence-electron chi connectivity index (χ3n) is 2.77. The zero-order valence-electron chi connectivity index (χ0n) is 9.35. The Bertz CT molecular complexity index is 456. The molecular weight excluding hydrogens is 220 g/mol. The van der Waals surface area contributed by atoms with E-state index in [4.69, 9.17) is 10.3 Å². The molecule has 0 spiro atoms. The molecule has 1 heterocycles. The van der Waals surface area contributed by atoms with Crippen LogP contribution >= 0.6 is 0 Å². The average Bonchev–Trinajstić information content (AvgIpc) is 2.71. The van der Waals surface area contributed by atoms with Gasteiger partial charge < -0.3 is 4.74 Å². The minimum Gasteiger partial charge on any atom is -0.447 e. The number of benzene rings is 1. The first-order valence-corrected chi connectivity index (χ1v) is 5.28. The summed E-state index contributed by atoms with van der Waals surface area (Å²) in [6.45, 7) is 1.99. The molecular formula is C11H12N4O2. The third-order valence-corrected chi connectivity index (χ3v) is 2.77. The van der Waals surface area contributed by atoms with Crippen molar-refractivity contribution in [2.75, 3.05) is 6.61 Å². The van der Waals surface area contributed by atoms with Gasteiger partial charge in [0, 0.05) is 4.91 Å². The summed E-state index contributed by atoms with van der Waals surface area (Å²) in [7, 11) is 0. The van der Waals surface area contributed by atoms with E-state index in [2.05, 4.69) is 10.0 Å². The van der Waals surface area contributed by atoms with Gasteiger partial charge in [-0.2, -0.15) is 0 Å². The molecule has 1 aromatic carbocycles. The van der Waals surface area contributed by atoms with Crippen LogP contribution in [-0.4, -0.2) is 23.8 Å². The zero-order valence-corrected chi connectivity index (χ0v) is 9.35. The second kappa shape index (κ2) is 4.76. The van der Waals surface area contributed by atoms with E-state index in [0.717, 1.165) is 5.56 Å². The molecule has 2 rings (SSSR count). The minimum absolute atomic E-state index is 0.111. The quantitative estimate of drug-likeness (QED) is 0.456. The van der Waals surface area contributed by atoms with Crippen molar-refractivity contribution >= 4 is 6.09 Å². The molecule has 1 aliphatic rings. The van der Waals surface area contributed by atoms with Crippen molar-refractivity contribution in [1.29, 1.82) is 0 Å². The predicted molar refractivity (Wildman–Crippen MR) is 61.0 cm³/mol. The molecule has 0 radical (unpaired) electrons. The van der Waals surface area contributed by atoms with Gasteiger partial charge in [0.05, 0.1) is 6.04 Å². The molecule has 0 aliphatic carbocycles. The van der Waals surface area contributed by atoms with Crippen LogP contribution in [0.2, 0.25) is 0 Å². The maximum atomic E-state index is 11.6. The van der Waals surface area contributed by atoms with Crippen molar-refractivity contribution in [1.82, 2.24) is 4.90 Å². The summed E-state index contributed by atoms with van der Waals surface area (Å²) in [5, 5.41) is 3.56. The number of hydrogen-bond donors (Lipinski definition) is 0. The molecule has 6 nitrogen and oxygen atoms in total. The summed E-state index contributed by atoms with van der Waals surface area (Å²) in [4.78, 5) is 15.8.